The molecule has 1 aliphatic rings. The standard InChI is InChI=1S/C14H25N3O/c1-11(2)17-10-15-8-12(17)9-16(3)13-6-4-5-7-14(13)18/h8,10-11,13-14,18H,4-7,9H2,1-3H3. The number of aliphatic hydroxyl groups is 1. The third kappa shape index (κ3) is 2.93. The SMILES string of the molecule is CC(C)n1cncc1CN(C)C1CCCCC1O. The molecule has 1 aromatic rings. The normalized spacial score (nSPS) is 25.0. The summed E-state index contributed by atoms with van der Waals surface area (Å²) in [6.45, 7) is 5.20. The summed E-state index contributed by atoms with van der Waals surface area (Å²) in [5.74, 6) is 0. The van der Waals surface area contributed by atoms with Crippen LogP contribution >= 0.6 is 0 Å². The van der Waals surface area contributed by atoms with Crippen LogP contribution in [0.2, 0.25) is 0 Å². The van der Waals surface area contributed by atoms with Gasteiger partial charge in [0.2, 0.25) is 0 Å². The van der Waals surface area contributed by atoms with Crippen molar-refractivity contribution in [1.29, 1.82) is 0 Å². The van der Waals surface area contributed by atoms with Crippen molar-refractivity contribution in [1.82, 2.24) is 14.5 Å². The average Bonchev–Trinajstić information content (AvgIpc) is 2.77. The van der Waals surface area contributed by atoms with Crippen LogP contribution in [-0.2, 0) is 6.54 Å². The third-order valence-electron chi connectivity index (χ3n) is 3.97. The molecule has 0 amide bonds. The lowest BCUT2D eigenvalue weighted by atomic mass is 9.91. The van der Waals surface area contributed by atoms with E-state index in [0.29, 0.717) is 12.1 Å². The molecule has 1 aromatic heterocycles. The molecule has 2 rings (SSSR count). The van der Waals surface area contributed by atoms with Crippen LogP contribution in [0.5, 0.6) is 0 Å². The van der Waals surface area contributed by atoms with Crippen molar-refractivity contribution in [3.8, 4) is 0 Å². The van der Waals surface area contributed by atoms with Gasteiger partial charge in [0.15, 0.2) is 0 Å². The molecule has 1 saturated carbocycles. The van der Waals surface area contributed by atoms with Gasteiger partial charge in [-0.15, -0.1) is 0 Å². The Hall–Kier alpha value is -0.870. The summed E-state index contributed by atoms with van der Waals surface area (Å²) in [5, 5.41) is 10.1. The number of hydrogen-bond acceptors (Lipinski definition) is 3. The number of aromatic nitrogens is 2. The second-order valence-corrected chi connectivity index (χ2v) is 5.72. The zero-order valence-corrected chi connectivity index (χ0v) is 11.7. The van der Waals surface area contributed by atoms with Gasteiger partial charge < -0.3 is 9.67 Å². The lowest BCUT2D eigenvalue weighted by Crippen LogP contribution is -2.43. The molecular weight excluding hydrogens is 226 g/mol. The van der Waals surface area contributed by atoms with Crippen molar-refractivity contribution < 1.29 is 5.11 Å². The lowest BCUT2D eigenvalue weighted by molar-refractivity contribution is 0.0278. The van der Waals surface area contributed by atoms with Crippen LogP contribution in [0.4, 0.5) is 0 Å². The Kier molecular flexibility index (Phi) is 4.40. The number of likely N-dealkylation sites (N-methyl/N-ethyl adjacent to an activating group) is 1. The van der Waals surface area contributed by atoms with Crippen molar-refractivity contribution in [2.24, 2.45) is 0 Å². The first-order valence-electron chi connectivity index (χ1n) is 6.98. The summed E-state index contributed by atoms with van der Waals surface area (Å²) in [6.07, 6.45) is 8.10. The topological polar surface area (TPSA) is 41.3 Å². The Morgan fingerprint density at radius 3 is 2.83 bits per heavy atom. The summed E-state index contributed by atoms with van der Waals surface area (Å²) in [6, 6.07) is 0.737. The van der Waals surface area contributed by atoms with E-state index in [1.165, 1.54) is 12.1 Å². The van der Waals surface area contributed by atoms with Gasteiger partial charge in [0.25, 0.3) is 0 Å². The summed E-state index contributed by atoms with van der Waals surface area (Å²) in [7, 11) is 2.11. The van der Waals surface area contributed by atoms with Crippen LogP contribution in [0.3, 0.4) is 0 Å². The molecule has 4 nitrogen and oxygen atoms in total. The van der Waals surface area contributed by atoms with E-state index < -0.39 is 0 Å². The van der Waals surface area contributed by atoms with E-state index in [9.17, 15) is 5.11 Å². The zero-order valence-electron chi connectivity index (χ0n) is 11.7. The van der Waals surface area contributed by atoms with Gasteiger partial charge in [-0.05, 0) is 33.7 Å². The molecule has 1 fully saturated rings. The maximum Gasteiger partial charge on any atom is 0.0951 e. The molecule has 102 valence electrons. The van der Waals surface area contributed by atoms with Gasteiger partial charge in [0.1, 0.15) is 0 Å². The average molecular weight is 251 g/mol. The first kappa shape index (κ1) is 13.6. The van der Waals surface area contributed by atoms with Gasteiger partial charge in [0, 0.05) is 24.8 Å². The van der Waals surface area contributed by atoms with Crippen molar-refractivity contribution in [2.75, 3.05) is 7.05 Å². The molecule has 0 saturated heterocycles. The second kappa shape index (κ2) is 5.85. The van der Waals surface area contributed by atoms with Crippen molar-refractivity contribution >= 4 is 0 Å². The highest BCUT2D eigenvalue weighted by Crippen LogP contribution is 2.23. The molecule has 0 radical (unpaired) electrons. The fourth-order valence-corrected chi connectivity index (χ4v) is 2.90. The minimum atomic E-state index is -0.167. The monoisotopic (exact) mass is 251 g/mol. The van der Waals surface area contributed by atoms with Gasteiger partial charge in [-0.3, -0.25) is 4.90 Å². The molecule has 18 heavy (non-hydrogen) atoms. The highest BCUT2D eigenvalue weighted by Gasteiger charge is 2.27. The van der Waals surface area contributed by atoms with Crippen LogP contribution in [0.15, 0.2) is 12.5 Å². The Morgan fingerprint density at radius 1 is 1.44 bits per heavy atom. The number of rotatable bonds is 4. The van der Waals surface area contributed by atoms with E-state index >= 15 is 0 Å². The smallest absolute Gasteiger partial charge is 0.0951 e. The van der Waals surface area contributed by atoms with E-state index in [0.717, 1.165) is 25.8 Å². The minimum Gasteiger partial charge on any atom is -0.391 e. The number of aliphatic hydroxyl groups excluding tert-OH is 1. The van der Waals surface area contributed by atoms with Crippen LogP contribution in [0.1, 0.15) is 51.3 Å². The van der Waals surface area contributed by atoms with Gasteiger partial charge in [-0.2, -0.15) is 0 Å². The first-order chi connectivity index (χ1) is 8.59. The van der Waals surface area contributed by atoms with Crippen molar-refractivity contribution in [2.45, 2.75) is 64.3 Å². The van der Waals surface area contributed by atoms with E-state index in [1.54, 1.807) is 0 Å². The molecule has 1 heterocycles. The Labute approximate surface area is 110 Å². The number of nitrogens with zero attached hydrogens (tertiary/aromatic N) is 3. The summed E-state index contributed by atoms with van der Waals surface area (Å²) in [5.41, 5.74) is 1.23. The molecule has 2 atom stereocenters. The Balaban J connectivity index is 2.01. The molecule has 0 aliphatic heterocycles. The Morgan fingerprint density at radius 2 is 2.17 bits per heavy atom. The maximum absolute atomic E-state index is 10.1. The van der Waals surface area contributed by atoms with Crippen molar-refractivity contribution in [3.05, 3.63) is 18.2 Å². The molecule has 1 aliphatic carbocycles. The molecule has 0 bridgehead atoms. The minimum absolute atomic E-state index is 0.167. The van der Waals surface area contributed by atoms with Crippen LogP contribution < -0.4 is 0 Å². The second-order valence-electron chi connectivity index (χ2n) is 5.72. The predicted octanol–water partition coefficient (Wildman–Crippen LogP) is 2.20. The Bertz CT molecular complexity index is 375. The lowest BCUT2D eigenvalue weighted by Gasteiger charge is -2.35. The fraction of sp³-hybridized carbons (Fsp3) is 0.786. The molecule has 1 N–H and O–H groups in total. The fourth-order valence-electron chi connectivity index (χ4n) is 2.90. The summed E-state index contributed by atoms with van der Waals surface area (Å²) < 4.78 is 2.20. The summed E-state index contributed by atoms with van der Waals surface area (Å²) >= 11 is 0. The number of imidazole rings is 1. The first-order valence-corrected chi connectivity index (χ1v) is 6.98. The molecule has 4 heteroatoms. The molecule has 0 aromatic carbocycles. The van der Waals surface area contributed by atoms with Crippen LogP contribution in [0.25, 0.3) is 0 Å². The highest BCUT2D eigenvalue weighted by atomic mass is 16.3. The molecule has 2 unspecified atom stereocenters. The maximum atomic E-state index is 10.1. The van der Waals surface area contributed by atoms with Gasteiger partial charge in [0.05, 0.1) is 18.1 Å². The third-order valence-corrected chi connectivity index (χ3v) is 3.97. The van der Waals surface area contributed by atoms with E-state index in [4.69, 9.17) is 0 Å². The summed E-state index contributed by atoms with van der Waals surface area (Å²) in [4.78, 5) is 6.51. The molecule has 0 spiro atoms. The van der Waals surface area contributed by atoms with E-state index in [2.05, 4.69) is 35.3 Å². The van der Waals surface area contributed by atoms with Gasteiger partial charge in [-0.1, -0.05) is 12.8 Å². The van der Waals surface area contributed by atoms with E-state index in [1.807, 2.05) is 12.5 Å². The van der Waals surface area contributed by atoms with Gasteiger partial charge in [-0.25, -0.2) is 4.98 Å². The molecular formula is C14H25N3O. The van der Waals surface area contributed by atoms with Crippen LogP contribution in [-0.4, -0.2) is 38.8 Å². The highest BCUT2D eigenvalue weighted by molar-refractivity contribution is 5.00. The van der Waals surface area contributed by atoms with E-state index in [-0.39, 0.29) is 6.10 Å². The largest absolute Gasteiger partial charge is 0.391 e. The number of hydrogen-bond donors (Lipinski definition) is 1. The predicted molar refractivity (Wildman–Crippen MR) is 72.3 cm³/mol. The van der Waals surface area contributed by atoms with Gasteiger partial charge >= 0.3 is 0 Å². The van der Waals surface area contributed by atoms with Crippen molar-refractivity contribution in [3.63, 3.8) is 0 Å². The zero-order chi connectivity index (χ0) is 13.1. The quantitative estimate of drug-likeness (QED) is 0.892. The van der Waals surface area contributed by atoms with Crippen LogP contribution in [0, 0.1) is 0 Å².